The second-order valence-electron chi connectivity index (χ2n) is 6.45. The van der Waals surface area contributed by atoms with Crippen molar-refractivity contribution in [3.8, 4) is 0 Å². The molecule has 1 aromatic heterocycles. The van der Waals surface area contributed by atoms with Crippen LogP contribution in [0, 0.1) is 5.92 Å². The Morgan fingerprint density at radius 3 is 2.52 bits per heavy atom. The zero-order valence-corrected chi connectivity index (χ0v) is 13.8. The summed E-state index contributed by atoms with van der Waals surface area (Å²) in [5.74, 6) is 0.510. The van der Waals surface area contributed by atoms with Crippen molar-refractivity contribution in [2.24, 2.45) is 5.92 Å². The number of carbonyl (C=O) groups is 1. The number of nitrogens with one attached hydrogen (secondary N) is 1. The fourth-order valence-electron chi connectivity index (χ4n) is 3.27. The van der Waals surface area contributed by atoms with Crippen LogP contribution in [-0.2, 0) is 11.3 Å². The van der Waals surface area contributed by atoms with Crippen LogP contribution in [0.1, 0.15) is 29.5 Å². The standard InChI is InChI=1S/C20H20N4O/c25-20(18-11-17(18)15-7-3-1-4-8-15)23-19(12-24-14-21-13-22-24)16-9-5-2-6-10-16/h1-10,13-14,17-19H,11-12H2,(H,23,25)/t17-,18+,19+/m0/s1. The third-order valence-electron chi connectivity index (χ3n) is 4.71. The monoisotopic (exact) mass is 332 g/mol. The fraction of sp³-hybridized carbons (Fsp3) is 0.250. The molecule has 0 bridgehead atoms. The second kappa shape index (κ2) is 6.89. The number of hydrogen-bond acceptors (Lipinski definition) is 3. The predicted molar refractivity (Wildman–Crippen MR) is 94.6 cm³/mol. The van der Waals surface area contributed by atoms with E-state index < -0.39 is 0 Å². The summed E-state index contributed by atoms with van der Waals surface area (Å²) in [6.07, 6.45) is 4.10. The molecule has 4 rings (SSSR count). The predicted octanol–water partition coefficient (Wildman–Crippen LogP) is 2.94. The molecule has 2 aromatic carbocycles. The van der Waals surface area contributed by atoms with Gasteiger partial charge in [0.15, 0.2) is 0 Å². The van der Waals surface area contributed by atoms with Crippen molar-refractivity contribution in [2.75, 3.05) is 0 Å². The van der Waals surface area contributed by atoms with Crippen LogP contribution in [-0.4, -0.2) is 20.7 Å². The van der Waals surface area contributed by atoms with E-state index in [1.807, 2.05) is 48.5 Å². The van der Waals surface area contributed by atoms with Crippen LogP contribution in [0.5, 0.6) is 0 Å². The van der Waals surface area contributed by atoms with Crippen molar-refractivity contribution in [2.45, 2.75) is 24.9 Å². The maximum absolute atomic E-state index is 12.7. The van der Waals surface area contributed by atoms with Gasteiger partial charge in [0.2, 0.25) is 5.91 Å². The lowest BCUT2D eigenvalue weighted by Crippen LogP contribution is -2.33. The Labute approximate surface area is 146 Å². The molecule has 1 aliphatic carbocycles. The Kier molecular flexibility index (Phi) is 4.29. The maximum Gasteiger partial charge on any atom is 0.224 e. The summed E-state index contributed by atoms with van der Waals surface area (Å²) < 4.78 is 1.75. The van der Waals surface area contributed by atoms with Gasteiger partial charge in [-0.05, 0) is 23.5 Å². The van der Waals surface area contributed by atoms with Gasteiger partial charge in [0, 0.05) is 5.92 Å². The van der Waals surface area contributed by atoms with E-state index in [0.717, 1.165) is 12.0 Å². The van der Waals surface area contributed by atoms with Crippen LogP contribution in [0.3, 0.4) is 0 Å². The molecule has 0 aliphatic heterocycles. The molecule has 3 aromatic rings. The summed E-state index contributed by atoms with van der Waals surface area (Å²) in [6, 6.07) is 20.2. The largest absolute Gasteiger partial charge is 0.347 e. The normalized spacial score (nSPS) is 20.0. The molecule has 1 aliphatic rings. The Bertz CT molecular complexity index is 817. The highest BCUT2D eigenvalue weighted by Gasteiger charge is 2.44. The molecule has 5 heteroatoms. The topological polar surface area (TPSA) is 59.8 Å². The highest BCUT2D eigenvalue weighted by Crippen LogP contribution is 2.47. The molecule has 3 atom stereocenters. The summed E-state index contributed by atoms with van der Waals surface area (Å²) in [7, 11) is 0. The SMILES string of the molecule is O=C(N[C@H](Cn1cncn1)c1ccccc1)[C@@H]1C[C@H]1c1ccccc1. The number of carbonyl (C=O) groups excluding carboxylic acids is 1. The minimum Gasteiger partial charge on any atom is -0.347 e. The molecule has 0 saturated heterocycles. The molecule has 0 radical (unpaired) electrons. The molecule has 1 amide bonds. The highest BCUT2D eigenvalue weighted by atomic mass is 16.2. The highest BCUT2D eigenvalue weighted by molar-refractivity contribution is 5.83. The third-order valence-corrected chi connectivity index (χ3v) is 4.71. The molecule has 1 heterocycles. The Morgan fingerprint density at radius 1 is 1.12 bits per heavy atom. The zero-order chi connectivity index (χ0) is 17.1. The van der Waals surface area contributed by atoms with E-state index in [4.69, 9.17) is 0 Å². The number of rotatable bonds is 6. The molecule has 0 unspecified atom stereocenters. The van der Waals surface area contributed by atoms with Crippen LogP contribution in [0.4, 0.5) is 0 Å². The minimum atomic E-state index is -0.118. The molecule has 1 N–H and O–H groups in total. The van der Waals surface area contributed by atoms with E-state index >= 15 is 0 Å². The van der Waals surface area contributed by atoms with Gasteiger partial charge in [-0.25, -0.2) is 4.98 Å². The van der Waals surface area contributed by atoms with Crippen molar-refractivity contribution in [1.29, 1.82) is 0 Å². The first-order chi connectivity index (χ1) is 12.3. The van der Waals surface area contributed by atoms with Gasteiger partial charge < -0.3 is 5.32 Å². The minimum absolute atomic E-state index is 0.0596. The first-order valence-electron chi connectivity index (χ1n) is 8.54. The number of hydrogen-bond donors (Lipinski definition) is 1. The van der Waals surface area contributed by atoms with Crippen LogP contribution in [0.25, 0.3) is 0 Å². The van der Waals surface area contributed by atoms with Gasteiger partial charge in [-0.1, -0.05) is 60.7 Å². The lowest BCUT2D eigenvalue weighted by molar-refractivity contribution is -0.123. The molecule has 0 spiro atoms. The number of nitrogens with zero attached hydrogens (tertiary/aromatic N) is 3. The van der Waals surface area contributed by atoms with Gasteiger partial charge in [0.1, 0.15) is 12.7 Å². The van der Waals surface area contributed by atoms with Gasteiger partial charge >= 0.3 is 0 Å². The number of aromatic nitrogens is 3. The average molecular weight is 332 g/mol. The summed E-state index contributed by atoms with van der Waals surface area (Å²) >= 11 is 0. The van der Waals surface area contributed by atoms with E-state index in [2.05, 4.69) is 27.5 Å². The van der Waals surface area contributed by atoms with E-state index in [-0.39, 0.29) is 17.9 Å². The Hall–Kier alpha value is -2.95. The van der Waals surface area contributed by atoms with Crippen molar-refractivity contribution in [3.63, 3.8) is 0 Å². The molecule has 5 nitrogen and oxygen atoms in total. The van der Waals surface area contributed by atoms with Crippen LogP contribution in [0.15, 0.2) is 73.3 Å². The van der Waals surface area contributed by atoms with Gasteiger partial charge in [-0.2, -0.15) is 5.10 Å². The fourth-order valence-corrected chi connectivity index (χ4v) is 3.27. The van der Waals surface area contributed by atoms with Gasteiger partial charge in [-0.15, -0.1) is 0 Å². The van der Waals surface area contributed by atoms with E-state index in [1.54, 1.807) is 11.0 Å². The second-order valence-corrected chi connectivity index (χ2v) is 6.45. The molecule has 1 saturated carbocycles. The number of benzene rings is 2. The van der Waals surface area contributed by atoms with Crippen molar-refractivity contribution >= 4 is 5.91 Å². The van der Waals surface area contributed by atoms with Crippen LogP contribution < -0.4 is 5.32 Å². The third kappa shape index (κ3) is 3.60. The molecule has 1 fully saturated rings. The molecular formula is C20H20N4O. The zero-order valence-electron chi connectivity index (χ0n) is 13.8. The summed E-state index contributed by atoms with van der Waals surface area (Å²) in [4.78, 5) is 16.7. The van der Waals surface area contributed by atoms with Crippen LogP contribution >= 0.6 is 0 Å². The van der Waals surface area contributed by atoms with E-state index in [9.17, 15) is 4.79 Å². The lowest BCUT2D eigenvalue weighted by atomic mass is 10.1. The Balaban J connectivity index is 1.46. The summed E-state index contributed by atoms with van der Waals surface area (Å²) in [5, 5.41) is 7.37. The van der Waals surface area contributed by atoms with Crippen molar-refractivity contribution < 1.29 is 4.79 Å². The van der Waals surface area contributed by atoms with E-state index in [1.165, 1.54) is 11.9 Å². The van der Waals surface area contributed by atoms with Crippen molar-refractivity contribution in [1.82, 2.24) is 20.1 Å². The van der Waals surface area contributed by atoms with E-state index in [0.29, 0.717) is 12.5 Å². The quantitative estimate of drug-likeness (QED) is 0.755. The van der Waals surface area contributed by atoms with Gasteiger partial charge in [0.05, 0.1) is 12.6 Å². The number of amides is 1. The summed E-state index contributed by atoms with van der Waals surface area (Å²) in [6.45, 7) is 0.568. The first-order valence-corrected chi connectivity index (χ1v) is 8.54. The van der Waals surface area contributed by atoms with Gasteiger partial charge in [-0.3, -0.25) is 9.48 Å². The lowest BCUT2D eigenvalue weighted by Gasteiger charge is -2.19. The summed E-state index contributed by atoms with van der Waals surface area (Å²) in [5.41, 5.74) is 2.32. The van der Waals surface area contributed by atoms with Crippen LogP contribution in [0.2, 0.25) is 0 Å². The molecular weight excluding hydrogens is 312 g/mol. The Morgan fingerprint density at radius 2 is 1.84 bits per heavy atom. The van der Waals surface area contributed by atoms with Crippen molar-refractivity contribution in [3.05, 3.63) is 84.4 Å². The average Bonchev–Trinajstić information content (AvgIpc) is 3.31. The first kappa shape index (κ1) is 15.6. The van der Waals surface area contributed by atoms with Gasteiger partial charge in [0.25, 0.3) is 0 Å². The molecule has 126 valence electrons. The maximum atomic E-state index is 12.7. The molecule has 25 heavy (non-hydrogen) atoms. The smallest absolute Gasteiger partial charge is 0.224 e.